The van der Waals surface area contributed by atoms with E-state index in [-0.39, 0.29) is 25.5 Å². The lowest BCUT2D eigenvalue weighted by atomic mass is 10.1. The Morgan fingerprint density at radius 1 is 1.47 bits per heavy atom. The predicted molar refractivity (Wildman–Crippen MR) is 55.8 cm³/mol. The molecule has 0 unspecified atom stereocenters. The van der Waals surface area contributed by atoms with Crippen molar-refractivity contribution in [2.24, 2.45) is 0 Å². The number of hydrogen-bond donors (Lipinski definition) is 0. The molecule has 7 nitrogen and oxygen atoms in total. The number of carbonyl (C=O) groups is 3. The second-order valence-corrected chi connectivity index (χ2v) is 3.48. The number of esters is 1. The molecule has 0 aliphatic carbocycles. The van der Waals surface area contributed by atoms with E-state index >= 15 is 0 Å². The molecule has 0 aromatic carbocycles. The van der Waals surface area contributed by atoms with Crippen molar-refractivity contribution in [1.29, 1.82) is 0 Å². The van der Waals surface area contributed by atoms with Crippen LogP contribution < -0.4 is 0 Å². The molecule has 1 aliphatic rings. The molecule has 1 fully saturated rings. The summed E-state index contributed by atoms with van der Waals surface area (Å²) in [6.07, 6.45) is 1.65. The average Bonchev–Trinajstić information content (AvgIpc) is 2.30. The number of ether oxygens (including phenoxy) is 1. The molecule has 1 aliphatic heterocycles. The van der Waals surface area contributed by atoms with Crippen LogP contribution in [-0.4, -0.2) is 46.3 Å². The molecule has 2 amide bonds. The summed E-state index contributed by atoms with van der Waals surface area (Å²) >= 11 is 0. The van der Waals surface area contributed by atoms with Gasteiger partial charge in [-0.1, -0.05) is 0 Å². The Morgan fingerprint density at radius 2 is 2.18 bits per heavy atom. The lowest BCUT2D eigenvalue weighted by Gasteiger charge is -2.22. The molecule has 0 saturated carbocycles. The molecule has 7 heteroatoms. The number of likely N-dealkylation sites (tertiary alicyclic amines) is 1. The zero-order valence-corrected chi connectivity index (χ0v) is 9.51. The van der Waals surface area contributed by atoms with E-state index in [9.17, 15) is 14.4 Å². The Morgan fingerprint density at radius 3 is 2.71 bits per heavy atom. The number of hydrogen-bond acceptors (Lipinski definition) is 4. The fourth-order valence-electron chi connectivity index (χ4n) is 1.52. The van der Waals surface area contributed by atoms with Crippen LogP contribution >= 0.6 is 0 Å². The number of carbonyl (C=O) groups excluding carboxylic acids is 3. The van der Waals surface area contributed by atoms with E-state index in [0.717, 1.165) is 4.90 Å². The number of rotatable bonds is 3. The highest BCUT2D eigenvalue weighted by atomic mass is 16.5. The number of amides is 2. The molecule has 0 spiro atoms. The van der Waals surface area contributed by atoms with E-state index < -0.39 is 17.6 Å². The molecular weight excluding hydrogens is 226 g/mol. The Bertz CT molecular complexity index is 398. The highest BCUT2D eigenvalue weighted by Gasteiger charge is 2.38. The van der Waals surface area contributed by atoms with E-state index in [2.05, 4.69) is 9.53 Å². The van der Waals surface area contributed by atoms with E-state index in [1.165, 1.54) is 0 Å². The number of piperidine rings is 1. The standard InChI is InChI=1S/C10H13N3O4/c1-2-17-10(16)8(12-11)9(15)13-6-4-3-5-7(13)14/h2-6H2,1H3. The molecule has 0 aromatic heterocycles. The lowest BCUT2D eigenvalue weighted by molar-refractivity contribution is -0.148. The minimum atomic E-state index is -1.03. The highest BCUT2D eigenvalue weighted by molar-refractivity contribution is 6.62. The maximum absolute atomic E-state index is 11.8. The molecule has 1 saturated heterocycles. The summed E-state index contributed by atoms with van der Waals surface area (Å²) in [4.78, 5) is 38.0. The van der Waals surface area contributed by atoms with Crippen LogP contribution in [0.4, 0.5) is 0 Å². The summed E-state index contributed by atoms with van der Waals surface area (Å²) in [7, 11) is 0. The third-order valence-corrected chi connectivity index (χ3v) is 2.34. The molecular formula is C10H13N3O4. The summed E-state index contributed by atoms with van der Waals surface area (Å²) in [5, 5.41) is 0. The Labute approximate surface area is 98.0 Å². The molecule has 0 bridgehead atoms. The number of imide groups is 1. The van der Waals surface area contributed by atoms with E-state index in [1.54, 1.807) is 6.92 Å². The first-order chi connectivity index (χ1) is 8.11. The lowest BCUT2D eigenvalue weighted by Crippen LogP contribution is -2.46. The van der Waals surface area contributed by atoms with Crippen LogP contribution in [0.2, 0.25) is 0 Å². The van der Waals surface area contributed by atoms with E-state index in [0.29, 0.717) is 12.8 Å². The zero-order chi connectivity index (χ0) is 12.8. The quantitative estimate of drug-likeness (QED) is 0.223. The normalized spacial score (nSPS) is 15.1. The SMILES string of the molecule is CCOC(=O)C(=[N+]=[N-])C(=O)N1CCCCC1=O. The third kappa shape index (κ3) is 2.98. The minimum Gasteiger partial charge on any atom is -0.457 e. The summed E-state index contributed by atoms with van der Waals surface area (Å²) < 4.78 is 4.55. The van der Waals surface area contributed by atoms with E-state index in [1.807, 2.05) is 0 Å². The third-order valence-electron chi connectivity index (χ3n) is 2.34. The van der Waals surface area contributed by atoms with Crippen LogP contribution in [0.25, 0.3) is 5.53 Å². The molecule has 17 heavy (non-hydrogen) atoms. The van der Waals surface area contributed by atoms with Crippen molar-refractivity contribution in [3.8, 4) is 0 Å². The van der Waals surface area contributed by atoms with Crippen molar-refractivity contribution in [3.63, 3.8) is 0 Å². The molecule has 0 radical (unpaired) electrons. The van der Waals surface area contributed by atoms with Crippen LogP contribution in [0.5, 0.6) is 0 Å². The van der Waals surface area contributed by atoms with Crippen molar-refractivity contribution in [2.75, 3.05) is 13.2 Å². The average molecular weight is 239 g/mol. The van der Waals surface area contributed by atoms with Crippen LogP contribution in [0, 0.1) is 0 Å². The van der Waals surface area contributed by atoms with Crippen molar-refractivity contribution < 1.29 is 23.9 Å². The maximum Gasteiger partial charge on any atom is 0.463 e. The fraction of sp³-hybridized carbons (Fsp3) is 0.600. The Balaban J connectivity index is 2.83. The van der Waals surface area contributed by atoms with Crippen molar-refractivity contribution in [1.82, 2.24) is 4.90 Å². The van der Waals surface area contributed by atoms with Gasteiger partial charge < -0.3 is 10.3 Å². The first-order valence-electron chi connectivity index (χ1n) is 5.35. The topological polar surface area (TPSA) is 100 Å². The highest BCUT2D eigenvalue weighted by Crippen LogP contribution is 2.11. The van der Waals surface area contributed by atoms with Gasteiger partial charge in [-0.25, -0.2) is 4.79 Å². The second kappa shape index (κ2) is 5.91. The van der Waals surface area contributed by atoms with Crippen molar-refractivity contribution in [2.45, 2.75) is 26.2 Å². The first-order valence-corrected chi connectivity index (χ1v) is 5.35. The van der Waals surface area contributed by atoms with E-state index in [4.69, 9.17) is 5.53 Å². The van der Waals surface area contributed by atoms with Crippen LogP contribution in [0.3, 0.4) is 0 Å². The molecule has 1 rings (SSSR count). The van der Waals surface area contributed by atoms with Gasteiger partial charge in [0, 0.05) is 13.0 Å². The minimum absolute atomic E-state index is 0.0546. The smallest absolute Gasteiger partial charge is 0.457 e. The van der Waals surface area contributed by atoms with Gasteiger partial charge in [0.05, 0.1) is 6.61 Å². The monoisotopic (exact) mass is 239 g/mol. The van der Waals surface area contributed by atoms with Crippen molar-refractivity contribution in [3.05, 3.63) is 5.53 Å². The summed E-state index contributed by atoms with van der Waals surface area (Å²) in [6, 6.07) is 0. The predicted octanol–water partition coefficient (Wildman–Crippen LogP) is -0.241. The molecule has 0 atom stereocenters. The largest absolute Gasteiger partial charge is 0.463 e. The van der Waals surface area contributed by atoms with Gasteiger partial charge in [-0.05, 0) is 19.8 Å². The zero-order valence-electron chi connectivity index (χ0n) is 9.51. The molecule has 1 heterocycles. The van der Waals surface area contributed by atoms with Crippen LogP contribution in [0.1, 0.15) is 26.2 Å². The van der Waals surface area contributed by atoms with Gasteiger partial charge >= 0.3 is 17.6 Å². The summed E-state index contributed by atoms with van der Waals surface area (Å²) in [5.74, 6) is -2.30. The fourth-order valence-corrected chi connectivity index (χ4v) is 1.52. The molecule has 92 valence electrons. The Kier molecular flexibility index (Phi) is 4.54. The van der Waals surface area contributed by atoms with Crippen LogP contribution in [-0.2, 0) is 19.1 Å². The van der Waals surface area contributed by atoms with Gasteiger partial charge in [0.1, 0.15) is 0 Å². The van der Waals surface area contributed by atoms with Gasteiger partial charge in [-0.2, -0.15) is 4.79 Å². The van der Waals surface area contributed by atoms with Crippen molar-refractivity contribution >= 4 is 23.5 Å². The first kappa shape index (κ1) is 13.1. The summed E-state index contributed by atoms with van der Waals surface area (Å²) in [6.45, 7) is 1.85. The Hall–Kier alpha value is -2.01. The van der Waals surface area contributed by atoms with Gasteiger partial charge in [0.15, 0.2) is 0 Å². The van der Waals surface area contributed by atoms with Gasteiger partial charge in [-0.3, -0.25) is 14.5 Å². The second-order valence-electron chi connectivity index (χ2n) is 3.48. The summed E-state index contributed by atoms with van der Waals surface area (Å²) in [5.41, 5.74) is 7.88. The van der Waals surface area contributed by atoms with Crippen LogP contribution in [0.15, 0.2) is 0 Å². The van der Waals surface area contributed by atoms with Gasteiger partial charge in [0.2, 0.25) is 5.91 Å². The maximum atomic E-state index is 11.8. The number of nitrogens with zero attached hydrogens (tertiary/aromatic N) is 3. The van der Waals surface area contributed by atoms with Gasteiger partial charge in [-0.15, -0.1) is 0 Å². The molecule has 0 aromatic rings. The molecule has 0 N–H and O–H groups in total. The van der Waals surface area contributed by atoms with Gasteiger partial charge in [0.25, 0.3) is 0 Å².